The number of ether oxygens (including phenoxy) is 1. The summed E-state index contributed by atoms with van der Waals surface area (Å²) in [6.45, 7) is 5.00. The maximum Gasteiger partial charge on any atom is 0.416 e. The molecular formula is C24H26F3N3O. The van der Waals surface area contributed by atoms with Crippen LogP contribution in [0.5, 0.6) is 0 Å². The van der Waals surface area contributed by atoms with Crippen molar-refractivity contribution in [2.24, 2.45) is 0 Å². The molecule has 2 saturated heterocycles. The molecule has 2 aliphatic heterocycles. The van der Waals surface area contributed by atoms with Gasteiger partial charge >= 0.3 is 6.18 Å². The Balaban J connectivity index is 1.54. The molecule has 0 radical (unpaired) electrons. The van der Waals surface area contributed by atoms with Gasteiger partial charge in [-0.25, -0.2) is 0 Å². The summed E-state index contributed by atoms with van der Waals surface area (Å²) in [6.07, 6.45) is -2.42. The highest BCUT2D eigenvalue weighted by atomic mass is 19.4. The zero-order valence-corrected chi connectivity index (χ0v) is 17.3. The van der Waals surface area contributed by atoms with Crippen LogP contribution >= 0.6 is 0 Å². The van der Waals surface area contributed by atoms with E-state index in [1.807, 2.05) is 24.3 Å². The predicted octanol–water partition coefficient (Wildman–Crippen LogP) is 4.66. The molecule has 0 amide bonds. The number of alkyl halides is 3. The number of benzene rings is 2. The lowest BCUT2D eigenvalue weighted by Gasteiger charge is -2.44. The number of halogens is 3. The van der Waals surface area contributed by atoms with Gasteiger partial charge in [-0.05, 0) is 54.8 Å². The summed E-state index contributed by atoms with van der Waals surface area (Å²) >= 11 is 0. The fourth-order valence-corrected chi connectivity index (χ4v) is 4.56. The minimum Gasteiger partial charge on any atom is -0.379 e. The molecule has 2 heterocycles. The highest BCUT2D eigenvalue weighted by molar-refractivity contribution is 5.52. The van der Waals surface area contributed by atoms with Crippen LogP contribution in [0.15, 0.2) is 48.5 Å². The lowest BCUT2D eigenvalue weighted by Crippen LogP contribution is -2.51. The number of morpholine rings is 1. The van der Waals surface area contributed by atoms with Crippen LogP contribution < -0.4 is 4.90 Å². The number of nitriles is 1. The van der Waals surface area contributed by atoms with E-state index in [2.05, 4.69) is 15.9 Å². The normalized spacial score (nSPS) is 22.8. The van der Waals surface area contributed by atoms with E-state index in [0.717, 1.165) is 63.5 Å². The lowest BCUT2D eigenvalue weighted by molar-refractivity contribution is -0.137. The van der Waals surface area contributed by atoms with Crippen LogP contribution in [0.1, 0.15) is 35.4 Å². The molecule has 2 aliphatic rings. The Bertz CT molecular complexity index is 900. The van der Waals surface area contributed by atoms with E-state index in [1.165, 1.54) is 12.1 Å². The molecule has 4 nitrogen and oxygen atoms in total. The van der Waals surface area contributed by atoms with Gasteiger partial charge in [0, 0.05) is 43.8 Å². The molecule has 0 bridgehead atoms. The van der Waals surface area contributed by atoms with Crippen molar-refractivity contribution in [1.82, 2.24) is 4.90 Å². The molecule has 164 valence electrons. The van der Waals surface area contributed by atoms with E-state index in [0.29, 0.717) is 11.6 Å². The quantitative estimate of drug-likeness (QED) is 0.709. The molecule has 2 aromatic carbocycles. The zero-order chi connectivity index (χ0) is 21.8. The van der Waals surface area contributed by atoms with E-state index in [-0.39, 0.29) is 5.92 Å². The second-order valence-electron chi connectivity index (χ2n) is 8.27. The van der Waals surface area contributed by atoms with Crippen molar-refractivity contribution in [1.29, 1.82) is 5.26 Å². The molecule has 0 spiro atoms. The molecule has 1 unspecified atom stereocenters. The average Bonchev–Trinajstić information content (AvgIpc) is 2.80. The average molecular weight is 429 g/mol. The topological polar surface area (TPSA) is 39.5 Å². The largest absolute Gasteiger partial charge is 0.416 e. The first-order chi connectivity index (χ1) is 14.9. The van der Waals surface area contributed by atoms with Gasteiger partial charge in [0.05, 0.1) is 30.4 Å². The number of piperidine rings is 1. The third kappa shape index (κ3) is 5.20. The van der Waals surface area contributed by atoms with Crippen molar-refractivity contribution in [2.75, 3.05) is 44.3 Å². The first-order valence-corrected chi connectivity index (χ1v) is 10.7. The SMILES string of the molecule is N#Cc1ccc(N2CC(c3ccc(C(F)(F)F)cc3)CC[C@H]2CN2CCOCC2)cc1. The molecule has 4 rings (SSSR count). The third-order valence-corrected chi connectivity index (χ3v) is 6.32. The summed E-state index contributed by atoms with van der Waals surface area (Å²) in [4.78, 5) is 4.78. The van der Waals surface area contributed by atoms with Gasteiger partial charge in [-0.15, -0.1) is 0 Å². The van der Waals surface area contributed by atoms with Crippen LogP contribution in [0, 0.1) is 11.3 Å². The van der Waals surface area contributed by atoms with Crippen molar-refractivity contribution in [3.8, 4) is 6.07 Å². The van der Waals surface area contributed by atoms with Crippen LogP contribution in [-0.2, 0) is 10.9 Å². The predicted molar refractivity (Wildman–Crippen MR) is 113 cm³/mol. The second kappa shape index (κ2) is 9.29. The maximum absolute atomic E-state index is 12.9. The van der Waals surface area contributed by atoms with E-state index < -0.39 is 11.7 Å². The molecule has 0 aliphatic carbocycles. The molecule has 2 fully saturated rings. The second-order valence-corrected chi connectivity index (χ2v) is 8.27. The van der Waals surface area contributed by atoms with Crippen molar-refractivity contribution >= 4 is 5.69 Å². The Morgan fingerprint density at radius 2 is 1.65 bits per heavy atom. The van der Waals surface area contributed by atoms with Gasteiger partial charge in [0.25, 0.3) is 0 Å². The molecule has 0 N–H and O–H groups in total. The van der Waals surface area contributed by atoms with Gasteiger partial charge in [0.15, 0.2) is 0 Å². The smallest absolute Gasteiger partial charge is 0.379 e. The maximum atomic E-state index is 12.9. The molecule has 2 aromatic rings. The molecular weight excluding hydrogens is 403 g/mol. The summed E-state index contributed by atoms with van der Waals surface area (Å²) in [6, 6.07) is 15.7. The summed E-state index contributed by atoms with van der Waals surface area (Å²) in [7, 11) is 0. The Kier molecular flexibility index (Phi) is 6.49. The summed E-state index contributed by atoms with van der Waals surface area (Å²) in [5.74, 6) is 0.166. The van der Waals surface area contributed by atoms with E-state index in [4.69, 9.17) is 10.00 Å². The van der Waals surface area contributed by atoms with E-state index in [9.17, 15) is 13.2 Å². The number of nitrogens with zero attached hydrogens (tertiary/aromatic N) is 3. The van der Waals surface area contributed by atoms with Crippen LogP contribution in [0.3, 0.4) is 0 Å². The Morgan fingerprint density at radius 3 is 2.26 bits per heavy atom. The standard InChI is InChI=1S/C24H26F3N3O/c25-24(26,27)21-6-3-19(4-7-21)20-5-10-23(17-29-11-13-31-14-12-29)30(16-20)22-8-1-18(15-28)2-9-22/h1-4,6-9,20,23H,5,10-14,16-17H2/t20?,23-/m0/s1. The van der Waals surface area contributed by atoms with Crippen LogP contribution in [0.25, 0.3) is 0 Å². The molecule has 0 saturated carbocycles. The molecule has 7 heteroatoms. The Morgan fingerprint density at radius 1 is 0.968 bits per heavy atom. The third-order valence-electron chi connectivity index (χ3n) is 6.32. The van der Waals surface area contributed by atoms with Gasteiger partial charge in [-0.3, -0.25) is 4.90 Å². The molecule has 31 heavy (non-hydrogen) atoms. The minimum atomic E-state index is -4.32. The van der Waals surface area contributed by atoms with Gasteiger partial charge < -0.3 is 9.64 Å². The summed E-state index contributed by atoms with van der Waals surface area (Å²) in [5.41, 5.74) is 2.00. The van der Waals surface area contributed by atoms with Crippen molar-refractivity contribution in [3.05, 3.63) is 65.2 Å². The minimum absolute atomic E-state index is 0.166. The van der Waals surface area contributed by atoms with Crippen LogP contribution in [0.2, 0.25) is 0 Å². The van der Waals surface area contributed by atoms with Crippen molar-refractivity contribution in [3.63, 3.8) is 0 Å². The van der Waals surface area contributed by atoms with Crippen LogP contribution in [-0.4, -0.2) is 50.3 Å². The highest BCUT2D eigenvalue weighted by Gasteiger charge is 2.33. The van der Waals surface area contributed by atoms with Gasteiger partial charge in [0.2, 0.25) is 0 Å². The number of hydrogen-bond acceptors (Lipinski definition) is 4. The number of rotatable bonds is 4. The van der Waals surface area contributed by atoms with Crippen LogP contribution in [0.4, 0.5) is 18.9 Å². The number of anilines is 1. The highest BCUT2D eigenvalue weighted by Crippen LogP contribution is 2.36. The van der Waals surface area contributed by atoms with E-state index >= 15 is 0 Å². The van der Waals surface area contributed by atoms with Crippen molar-refractivity contribution in [2.45, 2.75) is 31.0 Å². The van der Waals surface area contributed by atoms with Gasteiger partial charge in [-0.1, -0.05) is 12.1 Å². The van der Waals surface area contributed by atoms with E-state index in [1.54, 1.807) is 12.1 Å². The molecule has 2 atom stereocenters. The fourth-order valence-electron chi connectivity index (χ4n) is 4.56. The fraction of sp³-hybridized carbons (Fsp3) is 0.458. The van der Waals surface area contributed by atoms with Gasteiger partial charge in [0.1, 0.15) is 0 Å². The summed E-state index contributed by atoms with van der Waals surface area (Å²) < 4.78 is 44.3. The zero-order valence-electron chi connectivity index (χ0n) is 17.3. The summed E-state index contributed by atoms with van der Waals surface area (Å²) in [5, 5.41) is 9.12. The van der Waals surface area contributed by atoms with Gasteiger partial charge in [-0.2, -0.15) is 18.4 Å². The lowest BCUT2D eigenvalue weighted by atomic mass is 9.86. The molecule has 0 aromatic heterocycles. The first kappa shape index (κ1) is 21.7. The van der Waals surface area contributed by atoms with Crippen molar-refractivity contribution < 1.29 is 17.9 Å². The monoisotopic (exact) mass is 429 g/mol. The first-order valence-electron chi connectivity index (χ1n) is 10.7. The number of hydrogen-bond donors (Lipinski definition) is 0. The Hall–Kier alpha value is -2.56. The Labute approximate surface area is 180 Å².